The van der Waals surface area contributed by atoms with Crippen LogP contribution < -0.4 is 5.32 Å². The average molecular weight is 383 g/mol. The molecule has 150 valence electrons. The van der Waals surface area contributed by atoms with Crippen molar-refractivity contribution >= 4 is 11.9 Å². The molecule has 0 aliphatic heterocycles. The van der Waals surface area contributed by atoms with E-state index in [4.69, 9.17) is 4.74 Å². The fraction of sp³-hybridized carbons (Fsp3) is 0.500. The van der Waals surface area contributed by atoms with Gasteiger partial charge in [-0.15, -0.1) is 0 Å². The maximum Gasteiger partial charge on any atom is 0.342 e. The predicted molar refractivity (Wildman–Crippen MR) is 107 cm³/mol. The van der Waals surface area contributed by atoms with Crippen molar-refractivity contribution in [2.45, 2.75) is 59.0 Å². The Kier molecular flexibility index (Phi) is 6.49. The van der Waals surface area contributed by atoms with Crippen LogP contribution in [0.15, 0.2) is 30.3 Å². The summed E-state index contributed by atoms with van der Waals surface area (Å²) in [6, 6.07) is 10.1. The van der Waals surface area contributed by atoms with Gasteiger partial charge in [-0.2, -0.15) is 5.10 Å². The molecule has 6 nitrogen and oxygen atoms in total. The number of ether oxygens (including phenoxy) is 1. The van der Waals surface area contributed by atoms with E-state index in [0.717, 1.165) is 42.9 Å². The first kappa shape index (κ1) is 20.1. The summed E-state index contributed by atoms with van der Waals surface area (Å²) in [6.07, 6.45) is 4.24. The van der Waals surface area contributed by atoms with Crippen LogP contribution in [0.2, 0.25) is 0 Å². The van der Waals surface area contributed by atoms with Gasteiger partial charge in [-0.05, 0) is 51.0 Å². The molecule has 1 fully saturated rings. The van der Waals surface area contributed by atoms with Crippen molar-refractivity contribution in [3.05, 3.63) is 52.8 Å². The first-order valence-electron chi connectivity index (χ1n) is 9.98. The standard InChI is InChI=1S/C22H29N3O3/c1-15-9-11-19(12-10-15)23-20(26)14-28-22(27)21-16(2)24-25(17(21)3)13-18-7-5-4-6-8-18/h4-8,15,19H,9-14H2,1-3H3,(H,23,26). The zero-order chi connectivity index (χ0) is 20.1. The quantitative estimate of drug-likeness (QED) is 0.776. The number of aryl methyl sites for hydroxylation is 1. The van der Waals surface area contributed by atoms with Crippen LogP contribution in [0.3, 0.4) is 0 Å². The van der Waals surface area contributed by atoms with Gasteiger partial charge in [0.15, 0.2) is 6.61 Å². The van der Waals surface area contributed by atoms with E-state index in [1.54, 1.807) is 11.6 Å². The number of carbonyl (C=O) groups excluding carboxylic acids is 2. The lowest BCUT2D eigenvalue weighted by Gasteiger charge is -2.26. The summed E-state index contributed by atoms with van der Waals surface area (Å²) in [7, 11) is 0. The minimum Gasteiger partial charge on any atom is -0.452 e. The maximum atomic E-state index is 12.5. The Morgan fingerprint density at radius 3 is 2.50 bits per heavy atom. The fourth-order valence-electron chi connectivity index (χ4n) is 3.78. The molecule has 3 rings (SSSR count). The Bertz CT molecular complexity index is 821. The maximum absolute atomic E-state index is 12.5. The van der Waals surface area contributed by atoms with Crippen LogP contribution >= 0.6 is 0 Å². The molecule has 1 amide bonds. The highest BCUT2D eigenvalue weighted by molar-refractivity contribution is 5.93. The van der Waals surface area contributed by atoms with Gasteiger partial charge in [0.1, 0.15) is 5.56 Å². The fourth-order valence-corrected chi connectivity index (χ4v) is 3.78. The number of amides is 1. The highest BCUT2D eigenvalue weighted by Crippen LogP contribution is 2.23. The van der Waals surface area contributed by atoms with Gasteiger partial charge in [-0.3, -0.25) is 9.48 Å². The minimum atomic E-state index is -0.498. The number of rotatable bonds is 6. The molecule has 0 spiro atoms. The second-order valence-corrected chi connectivity index (χ2v) is 7.79. The van der Waals surface area contributed by atoms with Crippen LogP contribution in [0, 0.1) is 19.8 Å². The summed E-state index contributed by atoms with van der Waals surface area (Å²) in [6.45, 7) is 6.20. The number of hydrogen-bond acceptors (Lipinski definition) is 4. The van der Waals surface area contributed by atoms with Crippen molar-refractivity contribution in [3.8, 4) is 0 Å². The van der Waals surface area contributed by atoms with Crippen LogP contribution in [-0.4, -0.2) is 34.3 Å². The molecule has 1 aliphatic carbocycles. The zero-order valence-electron chi connectivity index (χ0n) is 16.9. The number of carbonyl (C=O) groups is 2. The molecule has 1 heterocycles. The van der Waals surface area contributed by atoms with Gasteiger partial charge in [-0.1, -0.05) is 37.3 Å². The summed E-state index contributed by atoms with van der Waals surface area (Å²) < 4.78 is 7.07. The Morgan fingerprint density at radius 2 is 1.82 bits per heavy atom. The summed E-state index contributed by atoms with van der Waals surface area (Å²) in [5, 5.41) is 7.45. The van der Waals surface area contributed by atoms with Crippen LogP contribution in [0.5, 0.6) is 0 Å². The van der Waals surface area contributed by atoms with E-state index in [2.05, 4.69) is 17.3 Å². The molecule has 1 saturated carbocycles. The van der Waals surface area contributed by atoms with Crippen LogP contribution in [0.25, 0.3) is 0 Å². The van der Waals surface area contributed by atoms with Gasteiger partial charge in [-0.25, -0.2) is 4.79 Å². The van der Waals surface area contributed by atoms with Crippen molar-refractivity contribution in [3.63, 3.8) is 0 Å². The van der Waals surface area contributed by atoms with Gasteiger partial charge in [0, 0.05) is 6.04 Å². The molecule has 0 unspecified atom stereocenters. The van der Waals surface area contributed by atoms with Gasteiger partial charge < -0.3 is 10.1 Å². The van der Waals surface area contributed by atoms with Gasteiger partial charge in [0.25, 0.3) is 5.91 Å². The third kappa shape index (κ3) is 5.00. The lowest BCUT2D eigenvalue weighted by Crippen LogP contribution is -2.39. The molecule has 1 aromatic heterocycles. The van der Waals surface area contributed by atoms with Crippen molar-refractivity contribution in [1.82, 2.24) is 15.1 Å². The van der Waals surface area contributed by atoms with Crippen LogP contribution in [0.1, 0.15) is 59.9 Å². The van der Waals surface area contributed by atoms with E-state index in [-0.39, 0.29) is 18.6 Å². The zero-order valence-corrected chi connectivity index (χ0v) is 16.9. The highest BCUT2D eigenvalue weighted by atomic mass is 16.5. The largest absolute Gasteiger partial charge is 0.452 e. The van der Waals surface area contributed by atoms with Gasteiger partial charge in [0.05, 0.1) is 17.9 Å². The molecular formula is C22H29N3O3. The topological polar surface area (TPSA) is 73.2 Å². The highest BCUT2D eigenvalue weighted by Gasteiger charge is 2.23. The number of nitrogens with one attached hydrogen (secondary N) is 1. The van der Waals surface area contributed by atoms with Gasteiger partial charge >= 0.3 is 5.97 Å². The van der Waals surface area contributed by atoms with E-state index in [1.165, 1.54) is 0 Å². The lowest BCUT2D eigenvalue weighted by molar-refractivity contribution is -0.125. The molecular weight excluding hydrogens is 354 g/mol. The Morgan fingerprint density at radius 1 is 1.14 bits per heavy atom. The van der Waals surface area contributed by atoms with Crippen molar-refractivity contribution in [1.29, 1.82) is 0 Å². The van der Waals surface area contributed by atoms with E-state index in [1.807, 2.05) is 37.3 Å². The third-order valence-corrected chi connectivity index (χ3v) is 5.48. The first-order valence-corrected chi connectivity index (χ1v) is 9.98. The van der Waals surface area contributed by atoms with E-state index < -0.39 is 5.97 Å². The number of hydrogen-bond donors (Lipinski definition) is 1. The Hall–Kier alpha value is -2.63. The molecule has 2 aromatic rings. The van der Waals surface area contributed by atoms with Crippen molar-refractivity contribution in [2.75, 3.05) is 6.61 Å². The van der Waals surface area contributed by atoms with E-state index in [0.29, 0.717) is 17.8 Å². The average Bonchev–Trinajstić information content (AvgIpc) is 2.96. The molecule has 1 aromatic carbocycles. The first-order chi connectivity index (χ1) is 13.4. The number of benzene rings is 1. The van der Waals surface area contributed by atoms with Crippen molar-refractivity contribution in [2.24, 2.45) is 5.92 Å². The van der Waals surface area contributed by atoms with Crippen molar-refractivity contribution < 1.29 is 14.3 Å². The second kappa shape index (κ2) is 9.04. The second-order valence-electron chi connectivity index (χ2n) is 7.79. The molecule has 0 radical (unpaired) electrons. The molecule has 0 saturated heterocycles. The van der Waals surface area contributed by atoms with E-state index >= 15 is 0 Å². The molecule has 1 aliphatic rings. The number of nitrogens with zero attached hydrogens (tertiary/aromatic N) is 2. The lowest BCUT2D eigenvalue weighted by atomic mass is 9.87. The Labute approximate surface area is 166 Å². The molecule has 1 N–H and O–H groups in total. The monoisotopic (exact) mass is 383 g/mol. The minimum absolute atomic E-state index is 0.194. The Balaban J connectivity index is 1.56. The summed E-state index contributed by atoms with van der Waals surface area (Å²) >= 11 is 0. The molecule has 28 heavy (non-hydrogen) atoms. The van der Waals surface area contributed by atoms with Crippen LogP contribution in [0.4, 0.5) is 0 Å². The summed E-state index contributed by atoms with van der Waals surface area (Å²) in [4.78, 5) is 24.7. The SMILES string of the molecule is Cc1nn(Cc2ccccc2)c(C)c1C(=O)OCC(=O)NC1CCC(C)CC1. The van der Waals surface area contributed by atoms with E-state index in [9.17, 15) is 9.59 Å². The summed E-state index contributed by atoms with van der Waals surface area (Å²) in [5.41, 5.74) is 2.90. The predicted octanol–water partition coefficient (Wildman–Crippen LogP) is 3.40. The number of aromatic nitrogens is 2. The third-order valence-electron chi connectivity index (χ3n) is 5.48. The molecule has 0 bridgehead atoms. The van der Waals surface area contributed by atoms with Crippen LogP contribution in [-0.2, 0) is 16.1 Å². The number of esters is 1. The molecule has 0 atom stereocenters. The normalized spacial score (nSPS) is 19.2. The summed E-state index contributed by atoms with van der Waals surface area (Å²) in [5.74, 6) is -0.00836. The smallest absolute Gasteiger partial charge is 0.342 e. The molecule has 6 heteroatoms. The van der Waals surface area contributed by atoms with Gasteiger partial charge in [0.2, 0.25) is 0 Å².